The van der Waals surface area contributed by atoms with E-state index >= 15 is 0 Å². The minimum Gasteiger partial charge on any atom is -0.355 e. The van der Waals surface area contributed by atoms with Crippen LogP contribution in [0.3, 0.4) is 0 Å². The van der Waals surface area contributed by atoms with Crippen LogP contribution in [0.2, 0.25) is 0 Å². The summed E-state index contributed by atoms with van der Waals surface area (Å²) in [5, 5.41) is 3.33. The lowest BCUT2D eigenvalue weighted by Crippen LogP contribution is -2.14. The fourth-order valence-corrected chi connectivity index (χ4v) is 2.62. The van der Waals surface area contributed by atoms with Gasteiger partial charge >= 0.3 is 0 Å². The maximum atomic E-state index is 11.5. The summed E-state index contributed by atoms with van der Waals surface area (Å²) < 4.78 is 25.5. The molecule has 112 valence electrons. The summed E-state index contributed by atoms with van der Waals surface area (Å²) in [5.41, 5.74) is 4.93. The highest BCUT2D eigenvalue weighted by molar-refractivity contribution is 7.92. The van der Waals surface area contributed by atoms with E-state index < -0.39 is 10.0 Å². The molecule has 0 amide bonds. The van der Waals surface area contributed by atoms with Crippen LogP contribution in [0, 0.1) is 13.8 Å². The number of anilines is 3. The van der Waals surface area contributed by atoms with Crippen LogP contribution in [0.1, 0.15) is 18.1 Å². The maximum Gasteiger partial charge on any atom is 0.232 e. The highest BCUT2D eigenvalue weighted by Crippen LogP contribution is 2.23. The molecule has 2 N–H and O–H groups in total. The zero-order valence-electron chi connectivity index (χ0n) is 12.5. The van der Waals surface area contributed by atoms with Crippen LogP contribution >= 0.6 is 0 Å². The quantitative estimate of drug-likeness (QED) is 0.883. The Labute approximate surface area is 126 Å². The topological polar surface area (TPSA) is 58.2 Å². The SMILES string of the molecule is CCS(=O)(=O)Nc1ccc(Nc2ccc(C)cc2C)cc1. The van der Waals surface area contributed by atoms with E-state index in [1.165, 1.54) is 11.1 Å². The largest absolute Gasteiger partial charge is 0.355 e. The smallest absolute Gasteiger partial charge is 0.232 e. The monoisotopic (exact) mass is 304 g/mol. The second-order valence-corrected chi connectivity index (χ2v) is 7.04. The molecule has 0 fully saturated rings. The highest BCUT2D eigenvalue weighted by atomic mass is 32.2. The maximum absolute atomic E-state index is 11.5. The molecule has 2 aromatic carbocycles. The fraction of sp³-hybridized carbons (Fsp3) is 0.250. The number of nitrogens with one attached hydrogen (secondary N) is 2. The Morgan fingerprint density at radius 2 is 1.57 bits per heavy atom. The van der Waals surface area contributed by atoms with Gasteiger partial charge in [-0.1, -0.05) is 17.7 Å². The van der Waals surface area contributed by atoms with E-state index in [1.54, 1.807) is 19.1 Å². The van der Waals surface area contributed by atoms with Crippen molar-refractivity contribution in [2.45, 2.75) is 20.8 Å². The molecule has 5 heteroatoms. The number of benzene rings is 2. The normalized spacial score (nSPS) is 11.2. The van der Waals surface area contributed by atoms with Crippen molar-refractivity contribution < 1.29 is 8.42 Å². The number of hydrogen-bond acceptors (Lipinski definition) is 3. The van der Waals surface area contributed by atoms with Gasteiger partial charge in [-0.05, 0) is 56.7 Å². The molecular weight excluding hydrogens is 284 g/mol. The van der Waals surface area contributed by atoms with E-state index in [1.807, 2.05) is 18.2 Å². The molecule has 2 rings (SSSR count). The standard InChI is InChI=1S/C16H20N2O2S/c1-4-21(19,20)18-15-8-6-14(7-9-15)17-16-10-5-12(2)11-13(16)3/h5-11,17-18H,4H2,1-3H3. The van der Waals surface area contributed by atoms with Crippen molar-refractivity contribution in [1.29, 1.82) is 0 Å². The molecule has 0 aliphatic carbocycles. The Hall–Kier alpha value is -2.01. The third-order valence-electron chi connectivity index (χ3n) is 3.20. The van der Waals surface area contributed by atoms with Crippen molar-refractivity contribution in [3.05, 3.63) is 53.6 Å². The Balaban J connectivity index is 2.12. The first-order valence-electron chi connectivity index (χ1n) is 6.84. The van der Waals surface area contributed by atoms with Crippen LogP contribution in [0.5, 0.6) is 0 Å². The number of hydrogen-bond donors (Lipinski definition) is 2. The van der Waals surface area contributed by atoms with E-state index in [0.29, 0.717) is 5.69 Å². The molecule has 0 radical (unpaired) electrons. The molecule has 0 aromatic heterocycles. The van der Waals surface area contributed by atoms with Crippen LogP contribution < -0.4 is 10.0 Å². The third kappa shape index (κ3) is 4.23. The third-order valence-corrected chi connectivity index (χ3v) is 4.51. The molecule has 0 aliphatic heterocycles. The molecule has 2 aromatic rings. The average Bonchev–Trinajstić information content (AvgIpc) is 2.44. The van der Waals surface area contributed by atoms with Crippen LogP contribution in [0.15, 0.2) is 42.5 Å². The molecular formula is C16H20N2O2S. The molecule has 0 heterocycles. The number of aryl methyl sites for hydroxylation is 2. The molecule has 0 atom stereocenters. The van der Waals surface area contributed by atoms with E-state index in [0.717, 1.165) is 11.4 Å². The van der Waals surface area contributed by atoms with Gasteiger partial charge in [0.2, 0.25) is 10.0 Å². The van der Waals surface area contributed by atoms with E-state index in [-0.39, 0.29) is 5.75 Å². The van der Waals surface area contributed by atoms with Gasteiger partial charge in [-0.2, -0.15) is 0 Å². The molecule has 0 aliphatic rings. The first-order chi connectivity index (χ1) is 9.89. The summed E-state index contributed by atoms with van der Waals surface area (Å²) in [7, 11) is -3.23. The van der Waals surface area contributed by atoms with Gasteiger partial charge in [0.1, 0.15) is 0 Å². The van der Waals surface area contributed by atoms with Crippen molar-refractivity contribution in [2.75, 3.05) is 15.8 Å². The minimum absolute atomic E-state index is 0.0650. The summed E-state index contributed by atoms with van der Waals surface area (Å²) in [6.45, 7) is 5.73. The Bertz CT molecular complexity index is 722. The fourth-order valence-electron chi connectivity index (χ4n) is 1.98. The molecule has 0 unspecified atom stereocenters. The molecule has 21 heavy (non-hydrogen) atoms. The van der Waals surface area contributed by atoms with Gasteiger partial charge in [-0.3, -0.25) is 4.72 Å². The van der Waals surface area contributed by atoms with Crippen LogP contribution in [0.25, 0.3) is 0 Å². The van der Waals surface area contributed by atoms with Gasteiger partial charge in [0.25, 0.3) is 0 Å². The van der Waals surface area contributed by atoms with Crippen molar-refractivity contribution in [3.8, 4) is 0 Å². The second-order valence-electron chi connectivity index (χ2n) is 5.03. The van der Waals surface area contributed by atoms with Crippen molar-refractivity contribution in [1.82, 2.24) is 0 Å². The predicted octanol–water partition coefficient (Wildman–Crippen LogP) is 3.81. The Kier molecular flexibility index (Phi) is 4.53. The van der Waals surface area contributed by atoms with Gasteiger partial charge in [0, 0.05) is 17.1 Å². The first-order valence-corrected chi connectivity index (χ1v) is 8.49. The molecule has 4 nitrogen and oxygen atoms in total. The average molecular weight is 304 g/mol. The molecule has 0 saturated heterocycles. The van der Waals surface area contributed by atoms with Crippen LogP contribution in [-0.2, 0) is 10.0 Å². The highest BCUT2D eigenvalue weighted by Gasteiger charge is 2.06. The van der Waals surface area contributed by atoms with E-state index in [9.17, 15) is 8.42 Å². The molecule has 0 spiro atoms. The van der Waals surface area contributed by atoms with Gasteiger partial charge in [0.15, 0.2) is 0 Å². The van der Waals surface area contributed by atoms with Crippen LogP contribution in [0.4, 0.5) is 17.1 Å². The summed E-state index contributed by atoms with van der Waals surface area (Å²) in [4.78, 5) is 0. The lowest BCUT2D eigenvalue weighted by Gasteiger charge is -2.11. The predicted molar refractivity (Wildman–Crippen MR) is 88.7 cm³/mol. The Morgan fingerprint density at radius 3 is 2.14 bits per heavy atom. The minimum atomic E-state index is -3.23. The van der Waals surface area contributed by atoms with Crippen molar-refractivity contribution in [3.63, 3.8) is 0 Å². The van der Waals surface area contributed by atoms with Gasteiger partial charge in [0.05, 0.1) is 5.75 Å². The van der Waals surface area contributed by atoms with E-state index in [2.05, 4.69) is 36.0 Å². The van der Waals surface area contributed by atoms with Gasteiger partial charge < -0.3 is 5.32 Å². The van der Waals surface area contributed by atoms with Crippen molar-refractivity contribution in [2.24, 2.45) is 0 Å². The summed E-state index contributed by atoms with van der Waals surface area (Å²) in [6.07, 6.45) is 0. The van der Waals surface area contributed by atoms with Crippen LogP contribution in [-0.4, -0.2) is 14.2 Å². The van der Waals surface area contributed by atoms with Crippen molar-refractivity contribution >= 4 is 27.1 Å². The summed E-state index contributed by atoms with van der Waals surface area (Å²) in [6, 6.07) is 13.4. The lowest BCUT2D eigenvalue weighted by molar-refractivity contribution is 0.602. The van der Waals surface area contributed by atoms with E-state index in [4.69, 9.17) is 0 Å². The zero-order valence-corrected chi connectivity index (χ0v) is 13.3. The Morgan fingerprint density at radius 1 is 0.952 bits per heavy atom. The number of rotatable bonds is 5. The molecule has 0 saturated carbocycles. The number of sulfonamides is 1. The molecule has 0 bridgehead atoms. The lowest BCUT2D eigenvalue weighted by atomic mass is 10.1. The summed E-state index contributed by atoms with van der Waals surface area (Å²) >= 11 is 0. The zero-order chi connectivity index (χ0) is 15.5. The van der Waals surface area contributed by atoms with Gasteiger partial charge in [-0.25, -0.2) is 8.42 Å². The first kappa shape index (κ1) is 15.4. The summed E-state index contributed by atoms with van der Waals surface area (Å²) in [5.74, 6) is 0.0650. The second kappa shape index (κ2) is 6.18. The van der Waals surface area contributed by atoms with Gasteiger partial charge in [-0.15, -0.1) is 0 Å².